The Morgan fingerprint density at radius 1 is 1.00 bits per heavy atom. The van der Waals surface area contributed by atoms with E-state index in [0.29, 0.717) is 24.5 Å². The van der Waals surface area contributed by atoms with Crippen molar-refractivity contribution in [3.8, 4) is 0 Å². The molecule has 1 aromatic heterocycles. The van der Waals surface area contributed by atoms with Crippen LogP contribution in [0.3, 0.4) is 0 Å². The Balaban J connectivity index is 1.54. The molecule has 1 aliphatic rings. The Hall–Kier alpha value is -2.99. The van der Waals surface area contributed by atoms with Crippen molar-refractivity contribution in [1.82, 2.24) is 9.88 Å². The van der Waals surface area contributed by atoms with Gasteiger partial charge < -0.3 is 4.90 Å². The first-order valence-corrected chi connectivity index (χ1v) is 8.80. The number of aromatic nitrogens is 1. The zero-order valence-corrected chi connectivity index (χ0v) is 15.0. The molecule has 4 rings (SSSR count). The number of benzene rings is 2. The summed E-state index contributed by atoms with van der Waals surface area (Å²) >= 11 is 6.03. The highest BCUT2D eigenvalue weighted by Crippen LogP contribution is 2.23. The van der Waals surface area contributed by atoms with E-state index in [4.69, 9.17) is 11.6 Å². The summed E-state index contributed by atoms with van der Waals surface area (Å²) in [7, 11) is 0. The van der Waals surface area contributed by atoms with Crippen molar-refractivity contribution in [2.75, 3.05) is 18.0 Å². The Labute approximate surface area is 160 Å². The molecule has 0 saturated carbocycles. The fraction of sp³-hybridized carbons (Fsp3) is 0.150. The van der Waals surface area contributed by atoms with E-state index in [-0.39, 0.29) is 11.6 Å². The zero-order valence-electron chi connectivity index (χ0n) is 14.2. The number of halogens is 2. The molecule has 1 saturated heterocycles. The Morgan fingerprint density at radius 2 is 1.78 bits per heavy atom. The van der Waals surface area contributed by atoms with Gasteiger partial charge in [0.1, 0.15) is 11.6 Å². The van der Waals surface area contributed by atoms with Crippen LogP contribution >= 0.6 is 11.6 Å². The number of pyridine rings is 1. The van der Waals surface area contributed by atoms with Gasteiger partial charge >= 0.3 is 11.8 Å². The number of fused-ring (bicyclic) bond motifs is 1. The van der Waals surface area contributed by atoms with Crippen molar-refractivity contribution in [3.63, 3.8) is 0 Å². The number of anilines is 1. The van der Waals surface area contributed by atoms with Gasteiger partial charge in [-0.2, -0.15) is 0 Å². The van der Waals surface area contributed by atoms with E-state index < -0.39 is 17.6 Å². The van der Waals surface area contributed by atoms with Crippen molar-refractivity contribution >= 4 is 40.0 Å². The second kappa shape index (κ2) is 6.96. The van der Waals surface area contributed by atoms with E-state index in [0.717, 1.165) is 10.8 Å². The van der Waals surface area contributed by atoms with Crippen molar-refractivity contribution in [2.45, 2.75) is 6.54 Å². The fourth-order valence-electron chi connectivity index (χ4n) is 3.12. The van der Waals surface area contributed by atoms with Crippen LogP contribution in [0.4, 0.5) is 10.2 Å². The van der Waals surface area contributed by atoms with Crippen molar-refractivity contribution < 1.29 is 14.0 Å². The average Bonchev–Trinajstić information content (AvgIpc) is 2.67. The van der Waals surface area contributed by atoms with Gasteiger partial charge in [0, 0.05) is 36.2 Å². The van der Waals surface area contributed by atoms with E-state index in [9.17, 15) is 14.0 Å². The molecule has 0 unspecified atom stereocenters. The molecule has 1 fully saturated rings. The molecule has 2 aromatic carbocycles. The Morgan fingerprint density at radius 3 is 2.56 bits per heavy atom. The molecule has 27 heavy (non-hydrogen) atoms. The highest BCUT2D eigenvalue weighted by Gasteiger charge is 2.34. The summed E-state index contributed by atoms with van der Waals surface area (Å²) in [5.74, 6) is -1.26. The first kappa shape index (κ1) is 17.4. The summed E-state index contributed by atoms with van der Waals surface area (Å²) in [4.78, 5) is 32.3. The summed E-state index contributed by atoms with van der Waals surface area (Å²) in [5.41, 5.74) is 0.594. The van der Waals surface area contributed by atoms with Gasteiger partial charge in [0.05, 0.1) is 0 Å². The lowest BCUT2D eigenvalue weighted by Gasteiger charge is -2.33. The molecule has 0 aliphatic carbocycles. The fourth-order valence-corrected chi connectivity index (χ4v) is 3.35. The molecule has 0 bridgehead atoms. The van der Waals surface area contributed by atoms with Gasteiger partial charge in [0.25, 0.3) is 0 Å². The van der Waals surface area contributed by atoms with Crippen LogP contribution < -0.4 is 4.90 Å². The number of hydrogen-bond donors (Lipinski definition) is 0. The summed E-state index contributed by atoms with van der Waals surface area (Å²) in [5, 5.41) is 2.14. The third kappa shape index (κ3) is 3.36. The molecule has 1 aliphatic heterocycles. The quantitative estimate of drug-likeness (QED) is 0.651. The zero-order chi connectivity index (χ0) is 19.0. The Kier molecular flexibility index (Phi) is 4.49. The number of piperazine rings is 1. The molecule has 0 spiro atoms. The second-order valence-electron chi connectivity index (χ2n) is 6.31. The van der Waals surface area contributed by atoms with Gasteiger partial charge in [-0.25, -0.2) is 9.37 Å². The number of carbonyl (C=O) groups is 2. The van der Waals surface area contributed by atoms with Crippen molar-refractivity contribution in [1.29, 1.82) is 0 Å². The van der Waals surface area contributed by atoms with Crippen molar-refractivity contribution in [3.05, 3.63) is 71.1 Å². The molecule has 7 heteroatoms. The normalized spacial score (nSPS) is 14.9. The minimum Gasteiger partial charge on any atom is -0.328 e. The number of carbonyl (C=O) groups excluding carboxylic acids is 2. The van der Waals surface area contributed by atoms with Gasteiger partial charge in [-0.15, -0.1) is 0 Å². The molecule has 136 valence electrons. The van der Waals surface area contributed by atoms with E-state index in [1.807, 2.05) is 24.3 Å². The SMILES string of the molecule is O=C1C(=O)N(c2cc3ccccc3cn2)CCN1Cc1ccc(F)cc1Cl. The van der Waals surface area contributed by atoms with Crippen LogP contribution in [-0.4, -0.2) is 34.8 Å². The first-order valence-electron chi connectivity index (χ1n) is 8.42. The van der Waals surface area contributed by atoms with Crippen LogP contribution in [-0.2, 0) is 16.1 Å². The van der Waals surface area contributed by atoms with Crippen LogP contribution in [0.1, 0.15) is 5.56 Å². The Bertz CT molecular complexity index is 1060. The second-order valence-corrected chi connectivity index (χ2v) is 6.72. The lowest BCUT2D eigenvalue weighted by atomic mass is 10.1. The van der Waals surface area contributed by atoms with Crippen LogP contribution in [0.25, 0.3) is 10.8 Å². The van der Waals surface area contributed by atoms with Crippen molar-refractivity contribution in [2.24, 2.45) is 0 Å². The van der Waals surface area contributed by atoms with Gasteiger partial charge in [0.15, 0.2) is 0 Å². The summed E-state index contributed by atoms with van der Waals surface area (Å²) in [6.45, 7) is 0.824. The van der Waals surface area contributed by atoms with Crippen LogP contribution in [0.15, 0.2) is 54.7 Å². The van der Waals surface area contributed by atoms with Gasteiger partial charge in [-0.1, -0.05) is 41.9 Å². The van der Waals surface area contributed by atoms with Gasteiger partial charge in [0.2, 0.25) is 0 Å². The van der Waals surface area contributed by atoms with Gasteiger partial charge in [-0.05, 0) is 29.1 Å². The molecule has 2 amide bonds. The summed E-state index contributed by atoms with van der Waals surface area (Å²) in [6.07, 6.45) is 1.69. The predicted octanol–water partition coefficient (Wildman–Crippen LogP) is 3.40. The lowest BCUT2D eigenvalue weighted by Crippen LogP contribution is -2.54. The molecule has 3 aromatic rings. The molecule has 0 N–H and O–H groups in total. The molecule has 0 atom stereocenters. The summed E-state index contributed by atoms with van der Waals surface area (Å²) in [6, 6.07) is 13.5. The van der Waals surface area contributed by atoms with E-state index in [1.54, 1.807) is 12.3 Å². The summed E-state index contributed by atoms with van der Waals surface area (Å²) < 4.78 is 13.2. The highest BCUT2D eigenvalue weighted by molar-refractivity contribution is 6.41. The monoisotopic (exact) mass is 383 g/mol. The maximum absolute atomic E-state index is 13.2. The maximum atomic E-state index is 13.2. The van der Waals surface area contributed by atoms with E-state index in [1.165, 1.54) is 28.0 Å². The number of hydrogen-bond acceptors (Lipinski definition) is 3. The minimum atomic E-state index is -0.637. The van der Waals surface area contributed by atoms with Crippen LogP contribution in [0.5, 0.6) is 0 Å². The van der Waals surface area contributed by atoms with Crippen LogP contribution in [0.2, 0.25) is 5.02 Å². The molecular formula is C20H15ClFN3O2. The largest absolute Gasteiger partial charge is 0.328 e. The number of rotatable bonds is 3. The van der Waals surface area contributed by atoms with Gasteiger partial charge in [-0.3, -0.25) is 14.5 Å². The number of nitrogens with zero attached hydrogens (tertiary/aromatic N) is 3. The van der Waals surface area contributed by atoms with Crippen LogP contribution in [0, 0.1) is 5.82 Å². The smallest absolute Gasteiger partial charge is 0.317 e. The topological polar surface area (TPSA) is 53.5 Å². The lowest BCUT2D eigenvalue weighted by molar-refractivity contribution is -0.146. The first-order chi connectivity index (χ1) is 13.0. The van der Waals surface area contributed by atoms with E-state index in [2.05, 4.69) is 4.98 Å². The molecule has 2 heterocycles. The molecule has 5 nitrogen and oxygen atoms in total. The average molecular weight is 384 g/mol. The third-order valence-electron chi connectivity index (χ3n) is 4.58. The third-order valence-corrected chi connectivity index (χ3v) is 4.93. The highest BCUT2D eigenvalue weighted by atomic mass is 35.5. The minimum absolute atomic E-state index is 0.155. The number of amides is 2. The molecule has 0 radical (unpaired) electrons. The standard InChI is InChI=1S/C20H15ClFN3O2/c21-17-10-16(22)6-5-15(17)12-24-7-8-25(20(27)19(24)26)18-9-13-3-1-2-4-14(13)11-23-18/h1-6,9-11H,7-8,12H2. The van der Waals surface area contributed by atoms with E-state index >= 15 is 0 Å². The molecular weight excluding hydrogens is 369 g/mol. The predicted molar refractivity (Wildman–Crippen MR) is 101 cm³/mol. The maximum Gasteiger partial charge on any atom is 0.317 e.